The molecule has 0 aliphatic rings. The molecule has 25 heavy (non-hydrogen) atoms. The molecule has 5 nitrogen and oxygen atoms in total. The maximum atomic E-state index is 12.6. The van der Waals surface area contributed by atoms with E-state index in [0.29, 0.717) is 22.8 Å². The summed E-state index contributed by atoms with van der Waals surface area (Å²) in [6.45, 7) is 3.53. The molecule has 1 atom stereocenters. The second-order valence-electron chi connectivity index (χ2n) is 5.72. The molecule has 0 aliphatic heterocycles. The van der Waals surface area contributed by atoms with Crippen LogP contribution < -0.4 is 5.56 Å². The van der Waals surface area contributed by atoms with Gasteiger partial charge in [-0.05, 0) is 31.5 Å². The zero-order chi connectivity index (χ0) is 18.2. The lowest BCUT2D eigenvalue weighted by molar-refractivity contribution is -0.137. The average molecular weight is 348 g/mol. The Morgan fingerprint density at radius 2 is 1.84 bits per heavy atom. The van der Waals surface area contributed by atoms with Gasteiger partial charge in [0, 0.05) is 12.3 Å². The van der Waals surface area contributed by atoms with Crippen LogP contribution in [0.2, 0.25) is 0 Å². The van der Waals surface area contributed by atoms with Gasteiger partial charge in [0.15, 0.2) is 0 Å². The Morgan fingerprint density at radius 3 is 2.44 bits per heavy atom. The summed E-state index contributed by atoms with van der Waals surface area (Å²) >= 11 is 0. The summed E-state index contributed by atoms with van der Waals surface area (Å²) < 4.78 is 39.7. The Kier molecular flexibility index (Phi) is 4.20. The van der Waals surface area contributed by atoms with Gasteiger partial charge in [0.2, 0.25) is 0 Å². The van der Waals surface area contributed by atoms with Crippen molar-refractivity contribution in [3.63, 3.8) is 0 Å². The minimum Gasteiger partial charge on any atom is -0.330 e. The first kappa shape index (κ1) is 16.9. The highest BCUT2D eigenvalue weighted by atomic mass is 19.4. The van der Waals surface area contributed by atoms with Crippen molar-refractivity contribution < 1.29 is 13.2 Å². The largest absolute Gasteiger partial charge is 0.416 e. The van der Waals surface area contributed by atoms with E-state index >= 15 is 0 Å². The number of nitrogens with one attached hydrogen (secondary N) is 1. The number of rotatable bonds is 3. The van der Waals surface area contributed by atoms with Gasteiger partial charge in [0.25, 0.3) is 5.56 Å². The molecule has 3 aromatic rings. The molecule has 0 amide bonds. The normalized spacial score (nSPS) is 13.0. The van der Waals surface area contributed by atoms with E-state index in [1.807, 2.05) is 6.92 Å². The summed E-state index contributed by atoms with van der Waals surface area (Å²) in [6.07, 6.45) is -1.08. The van der Waals surface area contributed by atoms with E-state index in [1.54, 1.807) is 24.0 Å². The highest BCUT2D eigenvalue weighted by Gasteiger charge is 2.30. The predicted octanol–water partition coefficient (Wildman–Crippen LogP) is 3.57. The summed E-state index contributed by atoms with van der Waals surface area (Å²) in [5.74, 6) is 0.479. The van der Waals surface area contributed by atoms with E-state index in [0.717, 1.165) is 12.1 Å². The number of benzene rings is 1. The number of hydrogen-bond donors (Lipinski definition) is 1. The molecule has 130 valence electrons. The molecule has 0 aliphatic carbocycles. The maximum Gasteiger partial charge on any atom is 0.416 e. The second kappa shape index (κ2) is 6.19. The summed E-state index contributed by atoms with van der Waals surface area (Å²) in [5, 5.41) is 0. The van der Waals surface area contributed by atoms with Crippen LogP contribution in [0.5, 0.6) is 0 Å². The van der Waals surface area contributed by atoms with E-state index < -0.39 is 11.7 Å². The highest BCUT2D eigenvalue weighted by molar-refractivity contribution is 5.52. The lowest BCUT2D eigenvalue weighted by Crippen LogP contribution is -2.08. The summed E-state index contributed by atoms with van der Waals surface area (Å²) in [5.41, 5.74) is 0.727. The molecule has 0 saturated heterocycles. The van der Waals surface area contributed by atoms with Gasteiger partial charge < -0.3 is 9.55 Å². The number of aryl methyl sites for hydroxylation is 1. The molecular weight excluding hydrogens is 333 g/mol. The van der Waals surface area contributed by atoms with Crippen LogP contribution in [0.4, 0.5) is 13.2 Å². The van der Waals surface area contributed by atoms with Crippen molar-refractivity contribution in [2.45, 2.75) is 26.1 Å². The van der Waals surface area contributed by atoms with Gasteiger partial charge in [-0.25, -0.2) is 9.97 Å². The first-order valence-electron chi connectivity index (χ1n) is 7.53. The molecule has 2 aromatic heterocycles. The fraction of sp³-hybridized carbons (Fsp3) is 0.235. The maximum absolute atomic E-state index is 12.6. The Morgan fingerprint density at radius 1 is 1.16 bits per heavy atom. The molecule has 8 heteroatoms. The average Bonchev–Trinajstić information content (AvgIpc) is 3.02. The van der Waals surface area contributed by atoms with E-state index in [9.17, 15) is 18.0 Å². The number of aromatic amines is 1. The molecule has 0 radical (unpaired) electrons. The highest BCUT2D eigenvalue weighted by Crippen LogP contribution is 2.30. The standard InChI is InChI=1S/C17H15F3N4O/c1-10(12-3-5-13(6-4-12)17(18,19)20)24-8-15(21-9-24)14-7-16(25)23-11(2)22-14/h3-10H,1-2H3,(H,22,23,25)/t10-/m1/s1. The topological polar surface area (TPSA) is 63.6 Å². The molecule has 0 spiro atoms. The van der Waals surface area contributed by atoms with Crippen LogP contribution in [0.15, 0.2) is 47.7 Å². The van der Waals surface area contributed by atoms with Crippen LogP contribution in [0.25, 0.3) is 11.4 Å². The zero-order valence-electron chi connectivity index (χ0n) is 13.5. The van der Waals surface area contributed by atoms with Gasteiger partial charge >= 0.3 is 6.18 Å². The van der Waals surface area contributed by atoms with E-state index in [4.69, 9.17) is 0 Å². The molecule has 1 aromatic carbocycles. The monoisotopic (exact) mass is 348 g/mol. The van der Waals surface area contributed by atoms with Crippen molar-refractivity contribution in [1.29, 1.82) is 0 Å². The van der Waals surface area contributed by atoms with Gasteiger partial charge in [-0.15, -0.1) is 0 Å². The minimum absolute atomic E-state index is 0.216. The van der Waals surface area contributed by atoms with Crippen LogP contribution in [-0.2, 0) is 6.18 Å². The third-order valence-corrected chi connectivity index (χ3v) is 3.89. The molecule has 2 heterocycles. The van der Waals surface area contributed by atoms with Crippen molar-refractivity contribution in [3.05, 3.63) is 70.2 Å². The molecule has 1 N–H and O–H groups in total. The Labute approximate surface area is 141 Å². The number of nitrogens with zero attached hydrogens (tertiary/aromatic N) is 3. The zero-order valence-corrected chi connectivity index (χ0v) is 13.5. The third-order valence-electron chi connectivity index (χ3n) is 3.89. The fourth-order valence-electron chi connectivity index (χ4n) is 2.51. The van der Waals surface area contributed by atoms with Crippen molar-refractivity contribution in [2.75, 3.05) is 0 Å². The second-order valence-corrected chi connectivity index (χ2v) is 5.72. The minimum atomic E-state index is -4.35. The SMILES string of the molecule is Cc1nc(-c2cn([C@H](C)c3ccc(C(F)(F)F)cc3)cn2)cc(=O)[nH]1. The van der Waals surface area contributed by atoms with Gasteiger partial charge in [-0.1, -0.05) is 12.1 Å². The quantitative estimate of drug-likeness (QED) is 0.787. The predicted molar refractivity (Wildman–Crippen MR) is 86.1 cm³/mol. The number of aromatic nitrogens is 4. The molecule has 0 fully saturated rings. The third kappa shape index (κ3) is 3.62. The summed E-state index contributed by atoms with van der Waals surface area (Å²) in [7, 11) is 0. The van der Waals surface area contributed by atoms with Crippen molar-refractivity contribution in [2.24, 2.45) is 0 Å². The molecular formula is C17H15F3N4O. The summed E-state index contributed by atoms with van der Waals surface area (Å²) in [4.78, 5) is 22.6. The fourth-order valence-corrected chi connectivity index (χ4v) is 2.51. The van der Waals surface area contributed by atoms with Crippen molar-refractivity contribution in [1.82, 2.24) is 19.5 Å². The van der Waals surface area contributed by atoms with Gasteiger partial charge in [-0.2, -0.15) is 13.2 Å². The van der Waals surface area contributed by atoms with Crippen LogP contribution in [0.1, 0.15) is 29.9 Å². The summed E-state index contributed by atoms with van der Waals surface area (Å²) in [6, 6.07) is 6.15. The number of H-pyrrole nitrogens is 1. The Hall–Kier alpha value is -2.90. The van der Waals surface area contributed by atoms with Gasteiger partial charge in [-0.3, -0.25) is 4.79 Å². The number of halogens is 3. The Bertz CT molecular complexity index is 942. The molecule has 3 rings (SSSR count). The molecule has 0 saturated carbocycles. The van der Waals surface area contributed by atoms with Crippen LogP contribution in [0, 0.1) is 6.92 Å². The van der Waals surface area contributed by atoms with Crippen LogP contribution in [0.3, 0.4) is 0 Å². The van der Waals surface area contributed by atoms with Crippen LogP contribution in [-0.4, -0.2) is 19.5 Å². The number of alkyl halides is 3. The number of hydrogen-bond acceptors (Lipinski definition) is 3. The van der Waals surface area contributed by atoms with E-state index in [2.05, 4.69) is 15.0 Å². The first-order chi connectivity index (χ1) is 11.7. The first-order valence-corrected chi connectivity index (χ1v) is 7.53. The van der Waals surface area contributed by atoms with E-state index in [-0.39, 0.29) is 11.6 Å². The van der Waals surface area contributed by atoms with E-state index in [1.165, 1.54) is 18.2 Å². The van der Waals surface area contributed by atoms with Crippen LogP contribution >= 0.6 is 0 Å². The van der Waals surface area contributed by atoms with Crippen molar-refractivity contribution in [3.8, 4) is 11.4 Å². The lowest BCUT2D eigenvalue weighted by Gasteiger charge is -2.14. The van der Waals surface area contributed by atoms with Gasteiger partial charge in [0.1, 0.15) is 11.5 Å². The number of imidazole rings is 1. The smallest absolute Gasteiger partial charge is 0.330 e. The lowest BCUT2D eigenvalue weighted by atomic mass is 10.1. The molecule has 0 unspecified atom stereocenters. The molecule has 0 bridgehead atoms. The Balaban J connectivity index is 1.87. The van der Waals surface area contributed by atoms with Crippen molar-refractivity contribution >= 4 is 0 Å². The van der Waals surface area contributed by atoms with Gasteiger partial charge in [0.05, 0.1) is 23.6 Å².